The monoisotopic (exact) mass is 493 g/mol. The van der Waals surface area contributed by atoms with E-state index in [1.54, 1.807) is 4.90 Å². The van der Waals surface area contributed by atoms with Crippen molar-refractivity contribution >= 4 is 6.03 Å². The predicted molar refractivity (Wildman–Crippen MR) is 116 cm³/mol. The number of benzene rings is 1. The summed E-state index contributed by atoms with van der Waals surface area (Å²) < 4.78 is 52.1. The molecule has 4 aliphatic rings. The summed E-state index contributed by atoms with van der Waals surface area (Å²) in [5.74, 6) is 1.00. The summed E-state index contributed by atoms with van der Waals surface area (Å²) >= 11 is 0. The Morgan fingerprint density at radius 3 is 2.51 bits per heavy atom. The number of nitrogens with zero attached hydrogens (tertiary/aromatic N) is 4. The van der Waals surface area contributed by atoms with Gasteiger partial charge in [-0.1, -0.05) is 6.07 Å². The Balaban J connectivity index is 0.924. The molecule has 0 atom stereocenters. The van der Waals surface area contributed by atoms with Gasteiger partial charge < -0.3 is 14.9 Å². The van der Waals surface area contributed by atoms with Gasteiger partial charge >= 0.3 is 12.2 Å². The standard InChI is InChI=1S/C24H27F4N5O2/c25-18-7-17(24(26,27)28)4-3-15(18)2-1-14-10-32(11-14)21(34)33-12-22(13-33)8-16(9-22)19-29-20(31-30-19)23(35)5-6-23/h3-4,7,14,16,35H,1-2,5-6,8-13H2,(H,29,30,31). The summed E-state index contributed by atoms with van der Waals surface area (Å²) in [5, 5.41) is 17.3. The number of hydrogen-bond acceptors (Lipinski definition) is 4. The Morgan fingerprint density at radius 1 is 1.17 bits per heavy atom. The highest BCUT2D eigenvalue weighted by molar-refractivity contribution is 5.76. The number of alkyl halides is 3. The Hall–Kier alpha value is -2.69. The molecule has 2 aromatic rings. The first-order chi connectivity index (χ1) is 16.5. The number of carbonyl (C=O) groups excluding carboxylic acids is 1. The molecule has 1 aromatic carbocycles. The third-order valence-corrected chi connectivity index (χ3v) is 8.14. The van der Waals surface area contributed by atoms with Crippen molar-refractivity contribution in [1.82, 2.24) is 25.0 Å². The number of urea groups is 1. The minimum absolute atomic E-state index is 0.0222. The third kappa shape index (κ3) is 4.07. The summed E-state index contributed by atoms with van der Waals surface area (Å²) in [6, 6.07) is 2.69. The molecule has 1 spiro atoms. The van der Waals surface area contributed by atoms with Crippen molar-refractivity contribution < 1.29 is 27.5 Å². The summed E-state index contributed by atoms with van der Waals surface area (Å²) in [4.78, 5) is 20.9. The largest absolute Gasteiger partial charge is 0.416 e. The quantitative estimate of drug-likeness (QED) is 0.621. The van der Waals surface area contributed by atoms with E-state index in [-0.39, 0.29) is 28.8 Å². The molecule has 7 nitrogen and oxygen atoms in total. The van der Waals surface area contributed by atoms with Gasteiger partial charge in [0.2, 0.25) is 0 Å². The van der Waals surface area contributed by atoms with Crippen LogP contribution in [0.1, 0.15) is 60.8 Å². The molecule has 2 aliphatic heterocycles. The highest BCUT2D eigenvalue weighted by Crippen LogP contribution is 2.56. The number of aromatic amines is 1. The van der Waals surface area contributed by atoms with E-state index in [1.807, 2.05) is 4.90 Å². The Labute approximate surface area is 199 Å². The first-order valence-corrected chi connectivity index (χ1v) is 12.1. The molecule has 11 heteroatoms. The summed E-state index contributed by atoms with van der Waals surface area (Å²) in [5.41, 5.74) is -1.39. The Bertz CT molecular complexity index is 1140. The van der Waals surface area contributed by atoms with Gasteiger partial charge in [-0.05, 0) is 62.1 Å². The molecule has 6 rings (SSSR count). The van der Waals surface area contributed by atoms with Crippen LogP contribution in [-0.4, -0.2) is 62.3 Å². The first-order valence-electron chi connectivity index (χ1n) is 12.1. The van der Waals surface area contributed by atoms with Crippen molar-refractivity contribution in [2.75, 3.05) is 26.2 Å². The van der Waals surface area contributed by atoms with Crippen LogP contribution in [0.5, 0.6) is 0 Å². The van der Waals surface area contributed by atoms with Crippen molar-refractivity contribution in [2.45, 2.75) is 56.2 Å². The number of rotatable bonds is 5. The number of hydrogen-bond donors (Lipinski definition) is 2. The lowest BCUT2D eigenvalue weighted by Crippen LogP contribution is -2.67. The van der Waals surface area contributed by atoms with Crippen LogP contribution in [0, 0.1) is 17.2 Å². The number of H-pyrrole nitrogens is 1. The maximum Gasteiger partial charge on any atom is 0.416 e. The van der Waals surface area contributed by atoms with Crippen LogP contribution in [-0.2, 0) is 18.2 Å². The zero-order valence-corrected chi connectivity index (χ0v) is 19.1. The molecule has 0 unspecified atom stereocenters. The van der Waals surface area contributed by atoms with Crippen molar-refractivity contribution in [1.29, 1.82) is 0 Å². The van der Waals surface area contributed by atoms with Crippen LogP contribution in [0.2, 0.25) is 0 Å². The maximum absolute atomic E-state index is 14.0. The fourth-order valence-electron chi connectivity index (χ4n) is 5.74. The third-order valence-electron chi connectivity index (χ3n) is 8.14. The van der Waals surface area contributed by atoms with Crippen molar-refractivity contribution in [3.8, 4) is 0 Å². The SMILES string of the molecule is O=C(N1CC(CCc2ccc(C(F)(F)F)cc2F)C1)N1CC2(CC(c3nc(C4(O)CC4)n[nH]3)C2)C1. The molecule has 2 N–H and O–H groups in total. The Morgan fingerprint density at radius 2 is 1.89 bits per heavy atom. The molecular weight excluding hydrogens is 466 g/mol. The van der Waals surface area contributed by atoms with Gasteiger partial charge in [0.25, 0.3) is 0 Å². The number of halogens is 4. The summed E-state index contributed by atoms with van der Waals surface area (Å²) in [6.45, 7) is 2.64. The minimum Gasteiger partial charge on any atom is -0.382 e. The fourth-order valence-corrected chi connectivity index (χ4v) is 5.74. The molecule has 188 valence electrons. The molecule has 2 aliphatic carbocycles. The number of aromatic nitrogens is 3. The number of carbonyl (C=O) groups is 1. The van der Waals surface area contributed by atoms with E-state index in [0.717, 1.165) is 37.8 Å². The highest BCUT2D eigenvalue weighted by Gasteiger charge is 2.56. The summed E-state index contributed by atoms with van der Waals surface area (Å²) in [6.07, 6.45) is -0.255. The van der Waals surface area contributed by atoms with Crippen LogP contribution < -0.4 is 0 Å². The van der Waals surface area contributed by atoms with Gasteiger partial charge in [-0.3, -0.25) is 5.10 Å². The van der Waals surface area contributed by atoms with Crippen molar-refractivity contribution in [3.05, 3.63) is 46.8 Å². The van der Waals surface area contributed by atoms with Crippen LogP contribution >= 0.6 is 0 Å². The molecule has 0 bridgehead atoms. The van der Waals surface area contributed by atoms with Gasteiger partial charge in [-0.15, -0.1) is 0 Å². The van der Waals surface area contributed by atoms with Gasteiger partial charge in [-0.2, -0.15) is 18.3 Å². The van der Waals surface area contributed by atoms with Crippen LogP contribution in [0.25, 0.3) is 0 Å². The summed E-state index contributed by atoms with van der Waals surface area (Å²) in [7, 11) is 0. The second-order valence-electron chi connectivity index (χ2n) is 10.9. The number of amides is 2. The lowest BCUT2D eigenvalue weighted by molar-refractivity contribution is -0.137. The molecular formula is C24H27F4N5O2. The number of aliphatic hydroxyl groups is 1. The number of nitrogens with one attached hydrogen (secondary N) is 1. The average molecular weight is 494 g/mol. The molecule has 35 heavy (non-hydrogen) atoms. The lowest BCUT2D eigenvalue weighted by atomic mass is 9.57. The Kier molecular flexibility index (Phi) is 4.97. The van der Waals surface area contributed by atoms with Gasteiger partial charge in [0, 0.05) is 37.5 Å². The normalized spacial score (nSPS) is 23.1. The van der Waals surface area contributed by atoms with Gasteiger partial charge in [0.1, 0.15) is 17.2 Å². The first kappa shape index (κ1) is 22.8. The van der Waals surface area contributed by atoms with E-state index in [1.165, 1.54) is 6.07 Å². The zero-order chi connectivity index (χ0) is 24.6. The molecule has 2 saturated carbocycles. The van der Waals surface area contributed by atoms with Crippen LogP contribution in [0.4, 0.5) is 22.4 Å². The van der Waals surface area contributed by atoms with Crippen LogP contribution in [0.15, 0.2) is 18.2 Å². The molecule has 2 saturated heterocycles. The number of likely N-dealkylation sites (tertiary alicyclic amines) is 2. The lowest BCUT2D eigenvalue weighted by Gasteiger charge is -2.59. The topological polar surface area (TPSA) is 85.3 Å². The zero-order valence-electron chi connectivity index (χ0n) is 19.1. The van der Waals surface area contributed by atoms with Crippen molar-refractivity contribution in [2.24, 2.45) is 11.3 Å². The maximum atomic E-state index is 14.0. The van der Waals surface area contributed by atoms with E-state index in [4.69, 9.17) is 0 Å². The highest BCUT2D eigenvalue weighted by atomic mass is 19.4. The van der Waals surface area contributed by atoms with E-state index >= 15 is 0 Å². The molecule has 0 radical (unpaired) electrons. The van der Waals surface area contributed by atoms with E-state index in [9.17, 15) is 27.5 Å². The second kappa shape index (κ2) is 7.65. The predicted octanol–water partition coefficient (Wildman–Crippen LogP) is 3.81. The molecule has 4 fully saturated rings. The van der Waals surface area contributed by atoms with Crippen molar-refractivity contribution in [3.63, 3.8) is 0 Å². The van der Waals surface area contributed by atoms with Gasteiger partial charge in [-0.25, -0.2) is 14.2 Å². The smallest absolute Gasteiger partial charge is 0.382 e. The molecule has 2 amide bonds. The van der Waals surface area contributed by atoms with Gasteiger partial charge in [0.15, 0.2) is 5.82 Å². The molecule has 3 heterocycles. The van der Waals surface area contributed by atoms with E-state index in [0.29, 0.717) is 50.7 Å². The fraction of sp³-hybridized carbons (Fsp3) is 0.625. The van der Waals surface area contributed by atoms with Crippen LogP contribution in [0.3, 0.4) is 0 Å². The van der Waals surface area contributed by atoms with E-state index in [2.05, 4.69) is 15.2 Å². The number of aryl methyl sites for hydroxylation is 1. The van der Waals surface area contributed by atoms with Gasteiger partial charge in [0.05, 0.1) is 5.56 Å². The minimum atomic E-state index is -4.55. The second-order valence-corrected chi connectivity index (χ2v) is 10.9. The van der Waals surface area contributed by atoms with E-state index < -0.39 is 23.2 Å². The average Bonchev–Trinajstić information content (AvgIpc) is 3.26. The molecule has 1 aromatic heterocycles.